The van der Waals surface area contributed by atoms with Crippen LogP contribution in [-0.4, -0.2) is 32.2 Å². The van der Waals surface area contributed by atoms with Crippen LogP contribution in [0.15, 0.2) is 42.5 Å². The lowest BCUT2D eigenvalue weighted by Crippen LogP contribution is -2.37. The number of benzene rings is 1. The van der Waals surface area contributed by atoms with Gasteiger partial charge in [-0.3, -0.25) is 0 Å². The highest BCUT2D eigenvalue weighted by molar-refractivity contribution is 5.74. The number of para-hydroxylation sites is 1. The van der Waals surface area contributed by atoms with E-state index < -0.39 is 0 Å². The van der Waals surface area contributed by atoms with E-state index in [-0.39, 0.29) is 12.1 Å². The van der Waals surface area contributed by atoms with Crippen molar-refractivity contribution in [3.63, 3.8) is 0 Å². The van der Waals surface area contributed by atoms with Crippen LogP contribution in [0.25, 0.3) is 0 Å². The van der Waals surface area contributed by atoms with Gasteiger partial charge in [0.1, 0.15) is 11.6 Å². The molecule has 0 saturated heterocycles. The number of anilines is 1. The fourth-order valence-electron chi connectivity index (χ4n) is 2.55. The predicted octanol–water partition coefficient (Wildman–Crippen LogP) is 3.11. The van der Waals surface area contributed by atoms with E-state index >= 15 is 0 Å². The van der Waals surface area contributed by atoms with Crippen LogP contribution in [-0.2, 0) is 6.54 Å². The molecule has 2 N–H and O–H groups in total. The Hall–Kier alpha value is -2.76. The van der Waals surface area contributed by atoms with Gasteiger partial charge in [-0.05, 0) is 24.6 Å². The van der Waals surface area contributed by atoms with E-state index in [9.17, 15) is 4.79 Å². The fourth-order valence-corrected chi connectivity index (χ4v) is 2.55. The molecule has 1 heterocycles. The Labute approximate surface area is 149 Å². The number of urea groups is 1. The van der Waals surface area contributed by atoms with Gasteiger partial charge in [-0.1, -0.05) is 31.2 Å². The fraction of sp³-hybridized carbons (Fsp3) is 0.368. The lowest BCUT2D eigenvalue weighted by molar-refractivity contribution is 0.236. The molecule has 0 saturated carbocycles. The summed E-state index contributed by atoms with van der Waals surface area (Å²) in [5.41, 5.74) is 1.78. The number of methoxy groups -OCH3 is 1. The molecule has 0 bridgehead atoms. The molecule has 6 nitrogen and oxygen atoms in total. The highest BCUT2D eigenvalue weighted by atomic mass is 16.5. The number of carbonyl (C=O) groups is 1. The molecule has 2 rings (SSSR count). The van der Waals surface area contributed by atoms with E-state index in [2.05, 4.69) is 15.6 Å². The SMILES string of the molecule is CC[C@@H](NC(=O)NCc1cccc(N(C)C)n1)c1ccccc1OC. The van der Waals surface area contributed by atoms with Crippen LogP contribution in [0.4, 0.5) is 10.6 Å². The molecule has 2 amide bonds. The van der Waals surface area contributed by atoms with Crippen LogP contribution in [0.5, 0.6) is 5.75 Å². The number of carbonyl (C=O) groups excluding carboxylic acids is 1. The van der Waals surface area contributed by atoms with Gasteiger partial charge in [0.25, 0.3) is 0 Å². The van der Waals surface area contributed by atoms with Crippen molar-refractivity contribution in [1.82, 2.24) is 15.6 Å². The smallest absolute Gasteiger partial charge is 0.315 e. The molecule has 2 aromatic rings. The monoisotopic (exact) mass is 342 g/mol. The van der Waals surface area contributed by atoms with Crippen LogP contribution >= 0.6 is 0 Å². The van der Waals surface area contributed by atoms with E-state index in [1.54, 1.807) is 7.11 Å². The summed E-state index contributed by atoms with van der Waals surface area (Å²) >= 11 is 0. The number of hydrogen-bond donors (Lipinski definition) is 2. The zero-order valence-corrected chi connectivity index (χ0v) is 15.2. The summed E-state index contributed by atoms with van der Waals surface area (Å²) in [6.07, 6.45) is 0.766. The van der Waals surface area contributed by atoms with Gasteiger partial charge in [0.05, 0.1) is 25.4 Å². The molecule has 6 heteroatoms. The maximum atomic E-state index is 12.3. The average molecular weight is 342 g/mol. The summed E-state index contributed by atoms with van der Waals surface area (Å²) in [5.74, 6) is 1.63. The van der Waals surface area contributed by atoms with E-state index in [4.69, 9.17) is 4.74 Å². The van der Waals surface area contributed by atoms with Crippen molar-refractivity contribution in [2.75, 3.05) is 26.1 Å². The molecular weight excluding hydrogens is 316 g/mol. The first-order chi connectivity index (χ1) is 12.0. The first-order valence-corrected chi connectivity index (χ1v) is 8.35. The topological polar surface area (TPSA) is 66.5 Å². The third kappa shape index (κ3) is 5.11. The Kier molecular flexibility index (Phi) is 6.62. The van der Waals surface area contributed by atoms with Gasteiger partial charge < -0.3 is 20.3 Å². The predicted molar refractivity (Wildman–Crippen MR) is 100.0 cm³/mol. The minimum Gasteiger partial charge on any atom is -0.496 e. The largest absolute Gasteiger partial charge is 0.496 e. The van der Waals surface area contributed by atoms with E-state index in [0.717, 1.165) is 29.2 Å². The number of amides is 2. The Morgan fingerprint density at radius 1 is 1.20 bits per heavy atom. The third-order valence-corrected chi connectivity index (χ3v) is 3.91. The lowest BCUT2D eigenvalue weighted by Gasteiger charge is -2.20. The van der Waals surface area contributed by atoms with Gasteiger partial charge in [-0.2, -0.15) is 0 Å². The molecule has 0 aliphatic rings. The molecular formula is C19H26N4O2. The first kappa shape index (κ1) is 18.6. The van der Waals surface area contributed by atoms with Crippen LogP contribution in [0.2, 0.25) is 0 Å². The summed E-state index contributed by atoms with van der Waals surface area (Å²) in [6, 6.07) is 13.1. The van der Waals surface area contributed by atoms with E-state index in [1.807, 2.05) is 68.4 Å². The highest BCUT2D eigenvalue weighted by Gasteiger charge is 2.16. The second kappa shape index (κ2) is 8.92. The van der Waals surface area contributed by atoms with Crippen molar-refractivity contribution < 1.29 is 9.53 Å². The Morgan fingerprint density at radius 3 is 2.64 bits per heavy atom. The minimum absolute atomic E-state index is 0.114. The Balaban J connectivity index is 1.97. The summed E-state index contributed by atoms with van der Waals surface area (Å²) in [5, 5.41) is 5.86. The highest BCUT2D eigenvalue weighted by Crippen LogP contribution is 2.26. The van der Waals surface area contributed by atoms with Crippen molar-refractivity contribution in [2.45, 2.75) is 25.9 Å². The zero-order chi connectivity index (χ0) is 18.2. The molecule has 1 atom stereocenters. The van der Waals surface area contributed by atoms with Crippen LogP contribution in [0.3, 0.4) is 0 Å². The van der Waals surface area contributed by atoms with Crippen molar-refractivity contribution in [3.8, 4) is 5.75 Å². The van der Waals surface area contributed by atoms with Crippen molar-refractivity contribution in [1.29, 1.82) is 0 Å². The van der Waals surface area contributed by atoms with E-state index in [1.165, 1.54) is 0 Å². The Morgan fingerprint density at radius 2 is 1.96 bits per heavy atom. The molecule has 0 spiro atoms. The van der Waals surface area contributed by atoms with Gasteiger partial charge in [-0.15, -0.1) is 0 Å². The van der Waals surface area contributed by atoms with Gasteiger partial charge in [-0.25, -0.2) is 9.78 Å². The van der Waals surface area contributed by atoms with E-state index in [0.29, 0.717) is 6.54 Å². The molecule has 134 valence electrons. The normalized spacial score (nSPS) is 11.5. The van der Waals surface area contributed by atoms with Gasteiger partial charge in [0.15, 0.2) is 0 Å². The number of ether oxygens (including phenoxy) is 1. The van der Waals surface area contributed by atoms with Crippen LogP contribution in [0.1, 0.15) is 30.6 Å². The first-order valence-electron chi connectivity index (χ1n) is 8.35. The number of hydrogen-bond acceptors (Lipinski definition) is 4. The molecule has 0 unspecified atom stereocenters. The standard InChI is InChI=1S/C19H26N4O2/c1-5-16(15-10-6-7-11-17(15)25-4)22-19(24)20-13-14-9-8-12-18(21-14)23(2)3/h6-12,16H,5,13H2,1-4H3,(H2,20,22,24)/t16-/m1/s1. The molecule has 25 heavy (non-hydrogen) atoms. The maximum Gasteiger partial charge on any atom is 0.315 e. The molecule has 0 aliphatic carbocycles. The quantitative estimate of drug-likeness (QED) is 0.811. The lowest BCUT2D eigenvalue weighted by atomic mass is 10.0. The number of rotatable bonds is 7. The zero-order valence-electron chi connectivity index (χ0n) is 15.2. The average Bonchev–Trinajstić information content (AvgIpc) is 2.64. The van der Waals surface area contributed by atoms with Crippen molar-refractivity contribution in [3.05, 3.63) is 53.7 Å². The number of nitrogens with one attached hydrogen (secondary N) is 2. The van der Waals surface area contributed by atoms with Gasteiger partial charge in [0.2, 0.25) is 0 Å². The number of aromatic nitrogens is 1. The molecule has 1 aromatic heterocycles. The molecule has 0 radical (unpaired) electrons. The summed E-state index contributed by atoms with van der Waals surface area (Å²) < 4.78 is 5.39. The number of pyridine rings is 1. The van der Waals surface area contributed by atoms with Crippen LogP contribution in [0, 0.1) is 0 Å². The van der Waals surface area contributed by atoms with Gasteiger partial charge in [0, 0.05) is 19.7 Å². The summed E-state index contributed by atoms with van der Waals surface area (Å²) in [6.45, 7) is 2.40. The summed E-state index contributed by atoms with van der Waals surface area (Å²) in [4.78, 5) is 18.7. The maximum absolute atomic E-state index is 12.3. The summed E-state index contributed by atoms with van der Waals surface area (Å²) in [7, 11) is 5.51. The third-order valence-electron chi connectivity index (χ3n) is 3.91. The van der Waals surface area contributed by atoms with Crippen LogP contribution < -0.4 is 20.3 Å². The second-order valence-corrected chi connectivity index (χ2v) is 5.91. The molecule has 0 aliphatic heterocycles. The van der Waals surface area contributed by atoms with Crippen molar-refractivity contribution in [2.24, 2.45) is 0 Å². The second-order valence-electron chi connectivity index (χ2n) is 5.91. The van der Waals surface area contributed by atoms with Gasteiger partial charge >= 0.3 is 6.03 Å². The molecule has 1 aromatic carbocycles. The Bertz CT molecular complexity index is 703. The number of nitrogens with zero attached hydrogens (tertiary/aromatic N) is 2. The minimum atomic E-state index is -0.227. The molecule has 0 fully saturated rings. The van der Waals surface area contributed by atoms with Crippen molar-refractivity contribution >= 4 is 11.8 Å².